The normalized spacial score (nSPS) is 13.8. The SMILES string of the molecule is CCCn1c(CC(N)CC(C)(C)C)nc2cc(Br)ccc21. The maximum absolute atomic E-state index is 6.35. The Morgan fingerprint density at radius 2 is 2.05 bits per heavy atom. The van der Waals surface area contributed by atoms with Crippen LogP contribution in [0.1, 0.15) is 46.4 Å². The summed E-state index contributed by atoms with van der Waals surface area (Å²) >= 11 is 3.52. The average molecular weight is 352 g/mol. The summed E-state index contributed by atoms with van der Waals surface area (Å²) < 4.78 is 3.39. The molecular weight excluding hydrogens is 326 g/mol. The van der Waals surface area contributed by atoms with Crippen LogP contribution in [-0.4, -0.2) is 15.6 Å². The molecule has 1 unspecified atom stereocenters. The third-order valence-corrected chi connectivity index (χ3v) is 4.05. The van der Waals surface area contributed by atoms with E-state index in [1.54, 1.807) is 0 Å². The molecule has 3 nitrogen and oxygen atoms in total. The molecule has 2 N–H and O–H groups in total. The van der Waals surface area contributed by atoms with Crippen molar-refractivity contribution < 1.29 is 0 Å². The van der Waals surface area contributed by atoms with E-state index in [0.29, 0.717) is 0 Å². The van der Waals surface area contributed by atoms with Gasteiger partial charge in [0, 0.05) is 23.5 Å². The van der Waals surface area contributed by atoms with Crippen molar-refractivity contribution in [3.63, 3.8) is 0 Å². The summed E-state index contributed by atoms with van der Waals surface area (Å²) in [4.78, 5) is 4.82. The van der Waals surface area contributed by atoms with E-state index in [4.69, 9.17) is 10.7 Å². The maximum Gasteiger partial charge on any atom is 0.111 e. The Hall–Kier alpha value is -0.870. The molecule has 0 bridgehead atoms. The Labute approximate surface area is 136 Å². The first-order valence-corrected chi connectivity index (χ1v) is 8.49. The largest absolute Gasteiger partial charge is 0.328 e. The molecule has 2 rings (SSSR count). The number of hydrogen-bond acceptors (Lipinski definition) is 2. The van der Waals surface area contributed by atoms with Crippen LogP contribution >= 0.6 is 15.9 Å². The summed E-state index contributed by atoms with van der Waals surface area (Å²) in [6.07, 6.45) is 2.94. The number of halogens is 1. The summed E-state index contributed by atoms with van der Waals surface area (Å²) in [6.45, 7) is 9.90. The Kier molecular flexibility index (Phi) is 5.10. The van der Waals surface area contributed by atoms with Gasteiger partial charge in [-0.15, -0.1) is 0 Å². The summed E-state index contributed by atoms with van der Waals surface area (Å²) in [6, 6.07) is 6.46. The van der Waals surface area contributed by atoms with Crippen LogP contribution in [-0.2, 0) is 13.0 Å². The molecular formula is C17H26BrN3. The zero-order valence-corrected chi connectivity index (χ0v) is 15.1. The van der Waals surface area contributed by atoms with E-state index in [1.807, 2.05) is 0 Å². The van der Waals surface area contributed by atoms with Gasteiger partial charge in [0.05, 0.1) is 11.0 Å². The van der Waals surface area contributed by atoms with Gasteiger partial charge in [-0.3, -0.25) is 0 Å². The Balaban J connectivity index is 2.31. The van der Waals surface area contributed by atoms with E-state index in [1.165, 1.54) is 5.52 Å². The second-order valence-corrected chi connectivity index (χ2v) is 7.96. The number of hydrogen-bond donors (Lipinski definition) is 1. The number of imidazole rings is 1. The molecule has 0 fully saturated rings. The number of aryl methyl sites for hydroxylation is 1. The second-order valence-electron chi connectivity index (χ2n) is 7.04. The van der Waals surface area contributed by atoms with E-state index < -0.39 is 0 Å². The van der Waals surface area contributed by atoms with E-state index in [0.717, 1.165) is 41.6 Å². The molecule has 0 saturated heterocycles. The van der Waals surface area contributed by atoms with Gasteiger partial charge in [0.2, 0.25) is 0 Å². The molecule has 1 aromatic heterocycles. The van der Waals surface area contributed by atoms with Crippen LogP contribution in [0, 0.1) is 5.41 Å². The number of nitrogens with zero attached hydrogens (tertiary/aromatic N) is 2. The first kappa shape index (κ1) is 16.5. The van der Waals surface area contributed by atoms with Gasteiger partial charge in [0.1, 0.15) is 5.82 Å². The molecule has 116 valence electrons. The van der Waals surface area contributed by atoms with Crippen molar-refractivity contribution in [1.29, 1.82) is 0 Å². The molecule has 1 atom stereocenters. The molecule has 0 radical (unpaired) electrons. The molecule has 1 heterocycles. The highest BCUT2D eigenvalue weighted by molar-refractivity contribution is 9.10. The van der Waals surface area contributed by atoms with Crippen LogP contribution in [0.25, 0.3) is 11.0 Å². The minimum Gasteiger partial charge on any atom is -0.328 e. The van der Waals surface area contributed by atoms with Crippen molar-refractivity contribution in [2.75, 3.05) is 0 Å². The Morgan fingerprint density at radius 3 is 2.67 bits per heavy atom. The van der Waals surface area contributed by atoms with Crippen molar-refractivity contribution >= 4 is 27.0 Å². The number of rotatable bonds is 5. The van der Waals surface area contributed by atoms with Crippen LogP contribution in [0.15, 0.2) is 22.7 Å². The van der Waals surface area contributed by atoms with E-state index >= 15 is 0 Å². The van der Waals surface area contributed by atoms with Gasteiger partial charge in [-0.05, 0) is 36.5 Å². The lowest BCUT2D eigenvalue weighted by Crippen LogP contribution is -2.29. The fourth-order valence-corrected chi connectivity index (χ4v) is 3.22. The molecule has 21 heavy (non-hydrogen) atoms. The summed E-state index contributed by atoms with van der Waals surface area (Å²) in [5, 5.41) is 0. The number of nitrogens with two attached hydrogens (primary N) is 1. The highest BCUT2D eigenvalue weighted by atomic mass is 79.9. The van der Waals surface area contributed by atoms with Gasteiger partial charge in [0.25, 0.3) is 0 Å². The third-order valence-electron chi connectivity index (χ3n) is 3.56. The summed E-state index contributed by atoms with van der Waals surface area (Å²) in [5.74, 6) is 1.11. The molecule has 0 spiro atoms. The Bertz CT molecular complexity index is 610. The monoisotopic (exact) mass is 351 g/mol. The lowest BCUT2D eigenvalue weighted by Gasteiger charge is -2.23. The van der Waals surface area contributed by atoms with Gasteiger partial charge in [-0.25, -0.2) is 4.98 Å². The van der Waals surface area contributed by atoms with Crippen LogP contribution in [0.4, 0.5) is 0 Å². The van der Waals surface area contributed by atoms with Crippen LogP contribution in [0.3, 0.4) is 0 Å². The van der Waals surface area contributed by atoms with Crippen LogP contribution in [0.2, 0.25) is 0 Å². The fourth-order valence-electron chi connectivity index (χ4n) is 2.88. The topological polar surface area (TPSA) is 43.8 Å². The van der Waals surface area contributed by atoms with Crippen LogP contribution in [0.5, 0.6) is 0 Å². The minimum atomic E-state index is 0.154. The zero-order chi connectivity index (χ0) is 15.6. The standard InChI is InChI=1S/C17H26BrN3/c1-5-8-21-15-7-6-12(18)9-14(15)20-16(21)10-13(19)11-17(2,3)4/h6-7,9,13H,5,8,10-11,19H2,1-4H3. The molecule has 0 aliphatic rings. The zero-order valence-electron chi connectivity index (χ0n) is 13.5. The number of fused-ring (bicyclic) bond motifs is 1. The number of benzene rings is 1. The molecule has 0 amide bonds. The van der Waals surface area contributed by atoms with Gasteiger partial charge >= 0.3 is 0 Å². The summed E-state index contributed by atoms with van der Waals surface area (Å²) in [7, 11) is 0. The predicted octanol–water partition coefficient (Wildman–Crippen LogP) is 4.51. The van der Waals surface area contributed by atoms with Crippen LogP contribution < -0.4 is 5.73 Å². The summed E-state index contributed by atoms with van der Waals surface area (Å²) in [5.41, 5.74) is 8.86. The highest BCUT2D eigenvalue weighted by Crippen LogP contribution is 2.24. The van der Waals surface area contributed by atoms with E-state index in [2.05, 4.69) is 66.4 Å². The first-order valence-electron chi connectivity index (χ1n) is 7.70. The fraction of sp³-hybridized carbons (Fsp3) is 0.588. The smallest absolute Gasteiger partial charge is 0.111 e. The van der Waals surface area contributed by atoms with Gasteiger partial charge in [-0.1, -0.05) is 43.6 Å². The van der Waals surface area contributed by atoms with E-state index in [-0.39, 0.29) is 11.5 Å². The first-order chi connectivity index (χ1) is 9.80. The van der Waals surface area contributed by atoms with Crippen molar-refractivity contribution in [2.24, 2.45) is 11.1 Å². The Morgan fingerprint density at radius 1 is 1.33 bits per heavy atom. The van der Waals surface area contributed by atoms with E-state index in [9.17, 15) is 0 Å². The molecule has 4 heteroatoms. The molecule has 1 aromatic carbocycles. The van der Waals surface area contributed by atoms with Gasteiger partial charge < -0.3 is 10.3 Å². The quantitative estimate of drug-likeness (QED) is 0.860. The predicted molar refractivity (Wildman–Crippen MR) is 93.5 cm³/mol. The van der Waals surface area contributed by atoms with Crippen molar-refractivity contribution in [1.82, 2.24) is 9.55 Å². The van der Waals surface area contributed by atoms with Gasteiger partial charge in [0.15, 0.2) is 0 Å². The molecule has 2 aromatic rings. The highest BCUT2D eigenvalue weighted by Gasteiger charge is 2.19. The van der Waals surface area contributed by atoms with Crippen molar-refractivity contribution in [3.05, 3.63) is 28.5 Å². The average Bonchev–Trinajstić information content (AvgIpc) is 2.64. The number of aromatic nitrogens is 2. The second kappa shape index (κ2) is 6.49. The van der Waals surface area contributed by atoms with Crippen molar-refractivity contribution in [3.8, 4) is 0 Å². The lowest BCUT2D eigenvalue weighted by atomic mass is 9.87. The minimum absolute atomic E-state index is 0.154. The molecule has 0 aliphatic heterocycles. The maximum atomic E-state index is 6.35. The lowest BCUT2D eigenvalue weighted by molar-refractivity contribution is 0.335. The van der Waals surface area contributed by atoms with Crippen molar-refractivity contribution in [2.45, 2.75) is 59.5 Å². The third kappa shape index (κ3) is 4.30. The molecule has 0 saturated carbocycles. The molecule has 0 aliphatic carbocycles. The van der Waals surface area contributed by atoms with Gasteiger partial charge in [-0.2, -0.15) is 0 Å².